The number of unbranched alkanes of at least 4 members (excludes halogenated alkanes) is 21. The standard InChI is InChI=1S/C37H74NO8P/c1-6-8-10-12-13-14-15-16-17-18-19-20-21-22-23-24-26-28-30-37(40)46-35(33-43-36(39)29-27-25-11-9-7-2)34-45-47(41,42)44-32-31-38(3,4)5/h35H,6-34H2,1-5H3. The van der Waals surface area contributed by atoms with E-state index in [1.54, 1.807) is 0 Å². The number of quaternary nitrogens is 1. The van der Waals surface area contributed by atoms with Crippen molar-refractivity contribution in [1.82, 2.24) is 0 Å². The first-order valence-corrected chi connectivity index (χ1v) is 20.7. The molecule has 47 heavy (non-hydrogen) atoms. The summed E-state index contributed by atoms with van der Waals surface area (Å²) in [5.41, 5.74) is 0. The van der Waals surface area contributed by atoms with Crippen molar-refractivity contribution in [1.29, 1.82) is 0 Å². The van der Waals surface area contributed by atoms with E-state index in [1.807, 2.05) is 21.1 Å². The molecule has 0 aliphatic carbocycles. The Balaban J connectivity index is 4.20. The van der Waals surface area contributed by atoms with Crippen LogP contribution in [0.1, 0.15) is 174 Å². The van der Waals surface area contributed by atoms with Gasteiger partial charge in [-0.15, -0.1) is 0 Å². The Morgan fingerprint density at radius 2 is 0.957 bits per heavy atom. The van der Waals surface area contributed by atoms with E-state index in [9.17, 15) is 19.0 Å². The summed E-state index contributed by atoms with van der Waals surface area (Å²) >= 11 is 0. The van der Waals surface area contributed by atoms with E-state index in [0.29, 0.717) is 17.4 Å². The molecule has 0 aliphatic rings. The van der Waals surface area contributed by atoms with Gasteiger partial charge in [0.25, 0.3) is 7.82 Å². The molecule has 2 atom stereocenters. The van der Waals surface area contributed by atoms with Crippen LogP contribution in [-0.2, 0) is 32.7 Å². The Bertz CT molecular complexity index is 789. The number of phosphoric acid groups is 1. The average molecular weight is 692 g/mol. The van der Waals surface area contributed by atoms with Crippen molar-refractivity contribution >= 4 is 19.8 Å². The predicted octanol–water partition coefficient (Wildman–Crippen LogP) is 9.44. The van der Waals surface area contributed by atoms with Crippen molar-refractivity contribution in [3.05, 3.63) is 0 Å². The van der Waals surface area contributed by atoms with Gasteiger partial charge in [-0.25, -0.2) is 0 Å². The topological polar surface area (TPSA) is 111 Å². The highest BCUT2D eigenvalue weighted by atomic mass is 31.2. The first-order chi connectivity index (χ1) is 22.5. The van der Waals surface area contributed by atoms with Crippen LogP contribution < -0.4 is 4.89 Å². The number of hydrogen-bond donors (Lipinski definition) is 0. The molecule has 0 aliphatic heterocycles. The zero-order valence-corrected chi connectivity index (χ0v) is 32.1. The molecule has 0 aromatic rings. The summed E-state index contributed by atoms with van der Waals surface area (Å²) in [6.07, 6.45) is 27.4. The number of phosphoric ester groups is 1. The van der Waals surface area contributed by atoms with Gasteiger partial charge in [-0.1, -0.05) is 149 Å². The van der Waals surface area contributed by atoms with Gasteiger partial charge < -0.3 is 27.9 Å². The molecule has 0 radical (unpaired) electrons. The third kappa shape index (κ3) is 34.7. The Kier molecular flexibility index (Phi) is 30.4. The van der Waals surface area contributed by atoms with E-state index in [-0.39, 0.29) is 26.1 Å². The lowest BCUT2D eigenvalue weighted by molar-refractivity contribution is -0.870. The van der Waals surface area contributed by atoms with Gasteiger partial charge >= 0.3 is 11.9 Å². The van der Waals surface area contributed by atoms with Gasteiger partial charge in [-0.2, -0.15) is 0 Å². The number of esters is 2. The van der Waals surface area contributed by atoms with Gasteiger partial charge in [0.1, 0.15) is 19.8 Å². The molecule has 0 fully saturated rings. The lowest BCUT2D eigenvalue weighted by atomic mass is 10.0. The van der Waals surface area contributed by atoms with Crippen LogP contribution in [0.2, 0.25) is 0 Å². The Labute approximate surface area is 289 Å². The highest BCUT2D eigenvalue weighted by molar-refractivity contribution is 7.45. The molecule has 0 saturated heterocycles. The fourth-order valence-corrected chi connectivity index (χ4v) is 6.03. The van der Waals surface area contributed by atoms with Crippen molar-refractivity contribution in [3.63, 3.8) is 0 Å². The van der Waals surface area contributed by atoms with Crippen molar-refractivity contribution in [2.45, 2.75) is 180 Å². The molecule has 0 N–H and O–H groups in total. The zero-order chi connectivity index (χ0) is 35.1. The average Bonchev–Trinajstić information content (AvgIpc) is 3.01. The molecule has 0 amide bonds. The molecule has 0 saturated carbocycles. The number of ether oxygens (including phenoxy) is 2. The number of rotatable bonds is 35. The highest BCUT2D eigenvalue weighted by Gasteiger charge is 2.21. The molecule has 9 nitrogen and oxygen atoms in total. The number of hydrogen-bond acceptors (Lipinski definition) is 8. The van der Waals surface area contributed by atoms with Gasteiger partial charge in [0.05, 0.1) is 27.7 Å². The minimum absolute atomic E-state index is 0.0267. The van der Waals surface area contributed by atoms with Crippen LogP contribution in [0.5, 0.6) is 0 Å². The monoisotopic (exact) mass is 692 g/mol. The summed E-state index contributed by atoms with van der Waals surface area (Å²) in [6.45, 7) is 4.14. The lowest BCUT2D eigenvalue weighted by Gasteiger charge is -2.28. The molecular formula is C37H74NO8P. The van der Waals surface area contributed by atoms with Crippen LogP contribution in [0, 0.1) is 0 Å². The van der Waals surface area contributed by atoms with E-state index in [1.165, 1.54) is 96.3 Å². The highest BCUT2D eigenvalue weighted by Crippen LogP contribution is 2.38. The Morgan fingerprint density at radius 3 is 1.36 bits per heavy atom. The van der Waals surface area contributed by atoms with Gasteiger partial charge in [-0.3, -0.25) is 14.2 Å². The number of carbonyl (C=O) groups is 2. The minimum atomic E-state index is -4.60. The third-order valence-corrected chi connectivity index (χ3v) is 9.34. The summed E-state index contributed by atoms with van der Waals surface area (Å²) in [7, 11) is 1.17. The Hall–Kier alpha value is -0.990. The molecule has 0 bridgehead atoms. The summed E-state index contributed by atoms with van der Waals surface area (Å²) in [5, 5.41) is 0. The van der Waals surface area contributed by atoms with Gasteiger partial charge in [-0.05, 0) is 12.8 Å². The largest absolute Gasteiger partial charge is 0.756 e. The molecule has 0 aromatic heterocycles. The first kappa shape index (κ1) is 46.0. The van der Waals surface area contributed by atoms with Gasteiger partial charge in [0.2, 0.25) is 0 Å². The van der Waals surface area contributed by atoms with E-state index < -0.39 is 32.5 Å². The maximum atomic E-state index is 12.6. The van der Waals surface area contributed by atoms with Crippen molar-refractivity contribution in [2.75, 3.05) is 47.5 Å². The van der Waals surface area contributed by atoms with Crippen molar-refractivity contribution < 1.29 is 42.1 Å². The third-order valence-electron chi connectivity index (χ3n) is 8.38. The summed E-state index contributed by atoms with van der Waals surface area (Å²) in [6, 6.07) is 0. The first-order valence-electron chi connectivity index (χ1n) is 19.2. The summed E-state index contributed by atoms with van der Waals surface area (Å²) in [5.74, 6) is -0.840. The van der Waals surface area contributed by atoms with Gasteiger partial charge in [0, 0.05) is 12.8 Å². The fourth-order valence-electron chi connectivity index (χ4n) is 5.30. The summed E-state index contributed by atoms with van der Waals surface area (Å²) in [4.78, 5) is 37.0. The molecule has 0 aromatic carbocycles. The fraction of sp³-hybridized carbons (Fsp3) is 0.946. The van der Waals surface area contributed by atoms with Crippen LogP contribution in [0.15, 0.2) is 0 Å². The second-order valence-electron chi connectivity index (χ2n) is 14.3. The van der Waals surface area contributed by atoms with Crippen LogP contribution in [0.4, 0.5) is 0 Å². The lowest BCUT2D eigenvalue weighted by Crippen LogP contribution is -2.37. The Morgan fingerprint density at radius 1 is 0.574 bits per heavy atom. The van der Waals surface area contributed by atoms with Gasteiger partial charge in [0.15, 0.2) is 6.10 Å². The second-order valence-corrected chi connectivity index (χ2v) is 15.7. The maximum absolute atomic E-state index is 12.6. The van der Waals surface area contributed by atoms with Crippen LogP contribution in [-0.4, -0.2) is 70.0 Å². The summed E-state index contributed by atoms with van der Waals surface area (Å²) < 4.78 is 33.6. The van der Waals surface area contributed by atoms with E-state index in [4.69, 9.17) is 18.5 Å². The van der Waals surface area contributed by atoms with Crippen LogP contribution in [0.25, 0.3) is 0 Å². The molecule has 10 heteroatoms. The normalized spacial score (nSPS) is 13.7. The molecule has 0 rings (SSSR count). The van der Waals surface area contributed by atoms with Crippen LogP contribution >= 0.6 is 7.82 Å². The van der Waals surface area contributed by atoms with E-state index in [0.717, 1.165) is 44.9 Å². The molecule has 2 unspecified atom stereocenters. The maximum Gasteiger partial charge on any atom is 0.306 e. The molecule has 280 valence electrons. The molecule has 0 spiro atoms. The smallest absolute Gasteiger partial charge is 0.306 e. The van der Waals surface area contributed by atoms with Crippen molar-refractivity contribution in [2.24, 2.45) is 0 Å². The minimum Gasteiger partial charge on any atom is -0.756 e. The number of carbonyl (C=O) groups excluding carboxylic acids is 2. The number of likely N-dealkylation sites (N-methyl/N-ethyl adjacent to an activating group) is 1. The molecular weight excluding hydrogens is 617 g/mol. The van der Waals surface area contributed by atoms with Crippen molar-refractivity contribution in [3.8, 4) is 0 Å². The predicted molar refractivity (Wildman–Crippen MR) is 190 cm³/mol. The SMILES string of the molecule is CCCCCCCCCCCCCCCCCCCCC(=O)OC(COC(=O)CCCCCCC)COP(=O)([O-])OCC[N+](C)(C)C. The number of nitrogens with zero attached hydrogens (tertiary/aromatic N) is 1. The molecule has 0 heterocycles. The van der Waals surface area contributed by atoms with Crippen LogP contribution in [0.3, 0.4) is 0 Å². The second kappa shape index (κ2) is 31.0. The quantitative estimate of drug-likeness (QED) is 0.0280. The van der Waals surface area contributed by atoms with E-state index in [2.05, 4.69) is 13.8 Å². The van der Waals surface area contributed by atoms with E-state index >= 15 is 0 Å². The zero-order valence-electron chi connectivity index (χ0n) is 31.2.